The van der Waals surface area contributed by atoms with E-state index >= 15 is 0 Å². The van der Waals surface area contributed by atoms with Crippen LogP contribution in [0.1, 0.15) is 44.5 Å². The highest BCUT2D eigenvalue weighted by Gasteiger charge is 2.59. The van der Waals surface area contributed by atoms with Crippen molar-refractivity contribution in [3.05, 3.63) is 305 Å². The fourth-order valence-corrected chi connectivity index (χ4v) is 13.1. The molecular formula is C68H43NO. The highest BCUT2D eigenvalue weighted by atomic mass is 16.3. The molecule has 12 aromatic rings. The Morgan fingerprint density at radius 2 is 0.714 bits per heavy atom. The Morgan fingerprint density at radius 3 is 1.39 bits per heavy atom. The lowest BCUT2D eigenvalue weighted by Gasteiger charge is -2.48. The maximum absolute atomic E-state index is 6.17. The van der Waals surface area contributed by atoms with Crippen molar-refractivity contribution in [2.75, 3.05) is 4.90 Å². The van der Waals surface area contributed by atoms with Gasteiger partial charge in [0.25, 0.3) is 0 Å². The van der Waals surface area contributed by atoms with Gasteiger partial charge in [-0.15, -0.1) is 0 Å². The molecule has 1 heterocycles. The number of furan rings is 1. The van der Waals surface area contributed by atoms with Crippen LogP contribution < -0.4 is 4.90 Å². The second kappa shape index (κ2) is 14.8. The lowest BCUT2D eigenvalue weighted by molar-refractivity contribution is 0.633. The zero-order chi connectivity index (χ0) is 46.0. The summed E-state index contributed by atoms with van der Waals surface area (Å²) in [7, 11) is 0. The molecule has 0 unspecified atom stereocenters. The van der Waals surface area contributed by atoms with Gasteiger partial charge in [-0.2, -0.15) is 0 Å². The van der Waals surface area contributed by atoms with Crippen molar-refractivity contribution >= 4 is 39.0 Å². The Kier molecular flexibility index (Phi) is 8.24. The van der Waals surface area contributed by atoms with Gasteiger partial charge in [-0.3, -0.25) is 0 Å². The normalized spacial score (nSPS) is 13.9. The molecule has 2 spiro atoms. The minimum Gasteiger partial charge on any atom is -0.456 e. The van der Waals surface area contributed by atoms with Gasteiger partial charge in [-0.1, -0.05) is 206 Å². The standard InChI is InChI=1S/C68H43NO/c1-2-19-47(20-3-1)69(48-39-36-44(37-40-48)45-38-41-65-55(43-45)53-24-7-15-35-64(53)70-65)49-21-16-18-46(42-49)50-26-17-34-63-66(50)54-25-6-10-29-58(54)68(63)61-32-13-11-30-59(61)67(60-31-12-14-33-62(60)68)56-27-8-4-22-51(56)52-23-5-9-28-57(52)67/h1-43H. The van der Waals surface area contributed by atoms with Crippen molar-refractivity contribution < 1.29 is 4.42 Å². The Bertz CT molecular complexity index is 3990. The molecule has 0 saturated carbocycles. The third-order valence-electron chi connectivity index (χ3n) is 15.8. The SMILES string of the molecule is c1ccc(N(c2ccc(-c3ccc4oc5ccccc5c4c3)cc2)c2cccc(-c3cccc4c3-c3ccccc3C43c4ccccc4C4(c5ccccc5-c5ccccc54)c4ccccc43)c2)cc1. The smallest absolute Gasteiger partial charge is 0.135 e. The first-order valence-corrected chi connectivity index (χ1v) is 24.3. The van der Waals surface area contributed by atoms with Crippen LogP contribution in [0.2, 0.25) is 0 Å². The van der Waals surface area contributed by atoms with E-state index in [9.17, 15) is 0 Å². The van der Waals surface area contributed by atoms with Crippen LogP contribution in [0.15, 0.2) is 265 Å². The van der Waals surface area contributed by atoms with Crippen LogP contribution >= 0.6 is 0 Å². The molecule has 0 bridgehead atoms. The molecule has 0 radical (unpaired) electrons. The monoisotopic (exact) mass is 889 g/mol. The van der Waals surface area contributed by atoms with Crippen LogP contribution in [0.3, 0.4) is 0 Å². The largest absolute Gasteiger partial charge is 0.456 e. The summed E-state index contributed by atoms with van der Waals surface area (Å²) in [6, 6.07) is 96.8. The van der Waals surface area contributed by atoms with Crippen LogP contribution in [-0.4, -0.2) is 0 Å². The number of hydrogen-bond acceptors (Lipinski definition) is 2. The second-order valence-corrected chi connectivity index (χ2v) is 19.0. The summed E-state index contributed by atoms with van der Waals surface area (Å²) in [6.07, 6.45) is 0. The molecule has 15 rings (SSSR count). The first kappa shape index (κ1) is 39.1. The average Bonchev–Trinajstić information content (AvgIpc) is 4.06. The molecule has 11 aromatic carbocycles. The van der Waals surface area contributed by atoms with E-state index in [0.29, 0.717) is 0 Å². The summed E-state index contributed by atoms with van der Waals surface area (Å²) in [6.45, 7) is 0. The fourth-order valence-electron chi connectivity index (χ4n) is 13.1. The van der Waals surface area contributed by atoms with Gasteiger partial charge in [-0.05, 0) is 144 Å². The predicted octanol–water partition coefficient (Wildman–Crippen LogP) is 17.4. The topological polar surface area (TPSA) is 16.4 Å². The van der Waals surface area contributed by atoms with Gasteiger partial charge in [0.1, 0.15) is 11.2 Å². The predicted molar refractivity (Wildman–Crippen MR) is 287 cm³/mol. The van der Waals surface area contributed by atoms with Crippen molar-refractivity contribution in [2.45, 2.75) is 10.8 Å². The summed E-state index contributed by atoms with van der Waals surface area (Å²) in [5, 5.41) is 2.27. The summed E-state index contributed by atoms with van der Waals surface area (Å²) >= 11 is 0. The Hall–Kier alpha value is -8.98. The number of nitrogens with zero attached hydrogens (tertiary/aromatic N) is 1. The van der Waals surface area contributed by atoms with Crippen LogP contribution in [0.25, 0.3) is 66.4 Å². The highest BCUT2D eigenvalue weighted by molar-refractivity contribution is 6.06. The highest BCUT2D eigenvalue weighted by Crippen LogP contribution is 2.68. The van der Waals surface area contributed by atoms with Crippen molar-refractivity contribution in [1.82, 2.24) is 0 Å². The van der Waals surface area contributed by atoms with Crippen molar-refractivity contribution in [2.24, 2.45) is 0 Å². The van der Waals surface area contributed by atoms with E-state index in [-0.39, 0.29) is 0 Å². The number of benzene rings is 11. The van der Waals surface area contributed by atoms with Crippen LogP contribution in [0.5, 0.6) is 0 Å². The van der Waals surface area contributed by atoms with E-state index in [1.165, 1.54) is 77.9 Å². The van der Waals surface area contributed by atoms with Crippen LogP contribution in [-0.2, 0) is 10.8 Å². The molecule has 70 heavy (non-hydrogen) atoms. The zero-order valence-electron chi connectivity index (χ0n) is 38.2. The van der Waals surface area contributed by atoms with Crippen molar-refractivity contribution in [3.63, 3.8) is 0 Å². The summed E-state index contributed by atoms with van der Waals surface area (Å²) in [5.41, 5.74) is 24.7. The van der Waals surface area contributed by atoms with E-state index in [2.05, 4.69) is 254 Å². The molecule has 0 amide bonds. The van der Waals surface area contributed by atoms with Crippen molar-refractivity contribution in [1.29, 1.82) is 0 Å². The Morgan fingerprint density at radius 1 is 0.257 bits per heavy atom. The molecule has 0 atom stereocenters. The maximum Gasteiger partial charge on any atom is 0.135 e. The minimum absolute atomic E-state index is 0.476. The Balaban J connectivity index is 0.902. The molecule has 0 N–H and O–H groups in total. The molecule has 3 aliphatic rings. The number of rotatable bonds is 5. The molecule has 0 saturated heterocycles. The molecule has 3 aliphatic carbocycles. The molecule has 1 aromatic heterocycles. The van der Waals surface area contributed by atoms with Gasteiger partial charge < -0.3 is 9.32 Å². The molecule has 0 aliphatic heterocycles. The van der Waals surface area contributed by atoms with E-state index < -0.39 is 10.8 Å². The minimum atomic E-state index is -0.558. The lowest BCUT2D eigenvalue weighted by atomic mass is 9.52. The van der Waals surface area contributed by atoms with E-state index in [0.717, 1.165) is 50.1 Å². The number of para-hydroxylation sites is 2. The summed E-state index contributed by atoms with van der Waals surface area (Å²) < 4.78 is 6.17. The number of anilines is 3. The lowest BCUT2D eigenvalue weighted by Crippen LogP contribution is -2.43. The van der Waals surface area contributed by atoms with Gasteiger partial charge in [-0.25, -0.2) is 0 Å². The van der Waals surface area contributed by atoms with Crippen molar-refractivity contribution in [3.8, 4) is 44.5 Å². The molecule has 2 nitrogen and oxygen atoms in total. The first-order chi connectivity index (χ1) is 34.7. The second-order valence-electron chi connectivity index (χ2n) is 19.0. The van der Waals surface area contributed by atoms with Gasteiger partial charge >= 0.3 is 0 Å². The van der Waals surface area contributed by atoms with E-state index in [4.69, 9.17) is 4.42 Å². The average molecular weight is 890 g/mol. The van der Waals surface area contributed by atoms with Crippen LogP contribution in [0.4, 0.5) is 17.1 Å². The quantitative estimate of drug-likeness (QED) is 0.171. The molecular weight excluding hydrogens is 847 g/mol. The molecule has 2 heteroatoms. The van der Waals surface area contributed by atoms with Crippen LogP contribution in [0, 0.1) is 0 Å². The third kappa shape index (κ3) is 5.17. The molecule has 0 fully saturated rings. The van der Waals surface area contributed by atoms with Gasteiger partial charge in [0.15, 0.2) is 0 Å². The van der Waals surface area contributed by atoms with E-state index in [1.54, 1.807) is 0 Å². The maximum atomic E-state index is 6.17. The van der Waals surface area contributed by atoms with E-state index in [1.807, 2.05) is 12.1 Å². The first-order valence-electron chi connectivity index (χ1n) is 24.3. The number of hydrogen-bond donors (Lipinski definition) is 0. The van der Waals surface area contributed by atoms with Gasteiger partial charge in [0.05, 0.1) is 10.8 Å². The molecule has 326 valence electrons. The zero-order valence-corrected chi connectivity index (χ0v) is 38.2. The third-order valence-corrected chi connectivity index (χ3v) is 15.8. The summed E-state index contributed by atoms with van der Waals surface area (Å²) in [5.74, 6) is 0. The summed E-state index contributed by atoms with van der Waals surface area (Å²) in [4.78, 5) is 2.38. The Labute approximate surface area is 407 Å². The van der Waals surface area contributed by atoms with Gasteiger partial charge in [0, 0.05) is 27.8 Å². The fraction of sp³-hybridized carbons (Fsp3) is 0.0294. The number of fused-ring (bicyclic) bond motifs is 19. The van der Waals surface area contributed by atoms with Gasteiger partial charge in [0.2, 0.25) is 0 Å².